The topological polar surface area (TPSA) is 55.1 Å². The Morgan fingerprint density at radius 3 is 3.00 bits per heavy atom. The van der Waals surface area contributed by atoms with Crippen LogP contribution in [0.5, 0.6) is 0 Å². The van der Waals surface area contributed by atoms with Crippen LogP contribution in [0.2, 0.25) is 0 Å². The second kappa shape index (κ2) is 6.81. The van der Waals surface area contributed by atoms with Gasteiger partial charge in [0.25, 0.3) is 5.91 Å². The van der Waals surface area contributed by atoms with E-state index in [4.69, 9.17) is 5.73 Å². The molecular weight excluding hydrogens is 244 g/mol. The van der Waals surface area contributed by atoms with Gasteiger partial charge >= 0.3 is 0 Å². The van der Waals surface area contributed by atoms with Crippen molar-refractivity contribution in [3.05, 3.63) is 35.4 Å². The molecule has 3 N–H and O–H groups in total. The molecule has 1 aliphatic rings. The first-order chi connectivity index (χ1) is 8.81. The molecule has 1 aliphatic heterocycles. The third-order valence-electron chi connectivity index (χ3n) is 3.17. The molecule has 0 spiro atoms. The summed E-state index contributed by atoms with van der Waals surface area (Å²) < 4.78 is 0. The molecule has 0 aromatic heterocycles. The lowest BCUT2D eigenvalue weighted by Gasteiger charge is -2.23. The molecule has 1 aromatic rings. The largest absolute Gasteiger partial charge is 0.348 e. The summed E-state index contributed by atoms with van der Waals surface area (Å²) in [7, 11) is 0. The van der Waals surface area contributed by atoms with Crippen molar-refractivity contribution in [1.29, 1.82) is 0 Å². The van der Waals surface area contributed by atoms with Crippen molar-refractivity contribution in [2.75, 3.05) is 18.1 Å². The minimum atomic E-state index is 0.0477. The Balaban J connectivity index is 2.03. The number of thioether (sulfide) groups is 1. The Kier molecular flexibility index (Phi) is 5.08. The highest BCUT2D eigenvalue weighted by Gasteiger charge is 2.18. The van der Waals surface area contributed by atoms with Gasteiger partial charge in [0.15, 0.2) is 0 Å². The monoisotopic (exact) mass is 264 g/mol. The molecule has 3 nitrogen and oxygen atoms in total. The molecule has 1 unspecified atom stereocenters. The predicted molar refractivity (Wildman–Crippen MR) is 77.0 cm³/mol. The fraction of sp³-hybridized carbons (Fsp3) is 0.500. The molecule has 1 heterocycles. The Hall–Kier alpha value is -1.00. The molecule has 18 heavy (non-hydrogen) atoms. The van der Waals surface area contributed by atoms with Gasteiger partial charge in [-0.2, -0.15) is 11.8 Å². The average molecular weight is 264 g/mol. The highest BCUT2D eigenvalue weighted by Crippen LogP contribution is 2.18. The van der Waals surface area contributed by atoms with Gasteiger partial charge in [-0.3, -0.25) is 4.79 Å². The van der Waals surface area contributed by atoms with Gasteiger partial charge < -0.3 is 11.1 Å². The van der Waals surface area contributed by atoms with Gasteiger partial charge in [0, 0.05) is 17.4 Å². The van der Waals surface area contributed by atoms with Crippen molar-refractivity contribution < 1.29 is 4.79 Å². The minimum absolute atomic E-state index is 0.0477. The lowest BCUT2D eigenvalue weighted by molar-refractivity contribution is 0.0937. The molecule has 0 radical (unpaired) electrons. The maximum Gasteiger partial charge on any atom is 0.251 e. The first-order valence-electron chi connectivity index (χ1n) is 6.48. The average Bonchev–Trinajstić information content (AvgIpc) is 2.41. The first kappa shape index (κ1) is 13.4. The van der Waals surface area contributed by atoms with E-state index in [1.165, 1.54) is 12.2 Å². The molecule has 0 saturated carbocycles. The van der Waals surface area contributed by atoms with Crippen molar-refractivity contribution in [3.63, 3.8) is 0 Å². The van der Waals surface area contributed by atoms with Crippen LogP contribution in [0.4, 0.5) is 0 Å². The van der Waals surface area contributed by atoms with Crippen molar-refractivity contribution in [2.45, 2.75) is 25.3 Å². The van der Waals surface area contributed by atoms with Gasteiger partial charge in [0.2, 0.25) is 0 Å². The number of hydrogen-bond acceptors (Lipinski definition) is 3. The molecular formula is C14H20N2OS. The number of nitrogens with two attached hydrogens (primary N) is 1. The van der Waals surface area contributed by atoms with E-state index in [1.54, 1.807) is 0 Å². The van der Waals surface area contributed by atoms with Crippen molar-refractivity contribution >= 4 is 17.7 Å². The van der Waals surface area contributed by atoms with E-state index in [0.29, 0.717) is 12.6 Å². The standard InChI is InChI=1S/C14H20N2OS/c15-8-7-11-4-1-2-6-13(11)14(17)16-12-5-3-9-18-10-12/h1-2,4,6,12H,3,5,7-10,15H2,(H,16,17). The van der Waals surface area contributed by atoms with Crippen molar-refractivity contribution in [3.8, 4) is 0 Å². The quantitative estimate of drug-likeness (QED) is 0.872. The molecule has 1 amide bonds. The maximum absolute atomic E-state index is 12.2. The van der Waals surface area contributed by atoms with Crippen LogP contribution in [0.3, 0.4) is 0 Å². The third-order valence-corrected chi connectivity index (χ3v) is 4.39. The van der Waals surface area contributed by atoms with Crippen LogP contribution < -0.4 is 11.1 Å². The Morgan fingerprint density at radius 1 is 1.44 bits per heavy atom. The van der Waals surface area contributed by atoms with E-state index in [1.807, 2.05) is 36.0 Å². The van der Waals surface area contributed by atoms with Crippen LogP contribution >= 0.6 is 11.8 Å². The summed E-state index contributed by atoms with van der Waals surface area (Å²) in [6.07, 6.45) is 3.04. The van der Waals surface area contributed by atoms with Crippen LogP contribution in [0, 0.1) is 0 Å². The van der Waals surface area contributed by atoms with Crippen LogP contribution in [0.1, 0.15) is 28.8 Å². The van der Waals surface area contributed by atoms with E-state index >= 15 is 0 Å². The zero-order valence-electron chi connectivity index (χ0n) is 10.5. The second-order valence-corrected chi connectivity index (χ2v) is 5.73. The van der Waals surface area contributed by atoms with Gasteiger partial charge in [0.1, 0.15) is 0 Å². The number of carbonyl (C=O) groups excluding carboxylic acids is 1. The van der Waals surface area contributed by atoms with Gasteiger partial charge in [-0.1, -0.05) is 18.2 Å². The molecule has 2 rings (SSSR count). The second-order valence-electron chi connectivity index (χ2n) is 4.58. The summed E-state index contributed by atoms with van der Waals surface area (Å²) in [6, 6.07) is 8.05. The number of nitrogens with one attached hydrogen (secondary N) is 1. The van der Waals surface area contributed by atoms with Gasteiger partial charge in [0.05, 0.1) is 0 Å². The van der Waals surface area contributed by atoms with Crippen molar-refractivity contribution in [1.82, 2.24) is 5.32 Å². The van der Waals surface area contributed by atoms with Gasteiger partial charge in [-0.15, -0.1) is 0 Å². The van der Waals surface area contributed by atoms with E-state index in [9.17, 15) is 4.79 Å². The van der Waals surface area contributed by atoms with E-state index < -0.39 is 0 Å². The molecule has 0 bridgehead atoms. The lowest BCUT2D eigenvalue weighted by Crippen LogP contribution is -2.38. The maximum atomic E-state index is 12.2. The molecule has 0 aliphatic carbocycles. The number of benzene rings is 1. The number of amides is 1. The summed E-state index contributed by atoms with van der Waals surface area (Å²) in [6.45, 7) is 0.573. The van der Waals surface area contributed by atoms with Gasteiger partial charge in [-0.05, 0) is 43.2 Å². The lowest BCUT2D eigenvalue weighted by atomic mass is 10.0. The molecule has 4 heteroatoms. The van der Waals surface area contributed by atoms with E-state index in [0.717, 1.165) is 29.7 Å². The summed E-state index contributed by atoms with van der Waals surface area (Å²) in [5, 5.41) is 3.13. The van der Waals surface area contributed by atoms with E-state index in [2.05, 4.69) is 5.32 Å². The SMILES string of the molecule is NCCc1ccccc1C(=O)NC1CCCSC1. The highest BCUT2D eigenvalue weighted by atomic mass is 32.2. The smallest absolute Gasteiger partial charge is 0.251 e. The molecule has 1 atom stereocenters. The molecule has 1 saturated heterocycles. The summed E-state index contributed by atoms with van der Waals surface area (Å²) >= 11 is 1.92. The molecule has 1 fully saturated rings. The van der Waals surface area contributed by atoms with Gasteiger partial charge in [-0.25, -0.2) is 0 Å². The number of hydrogen-bond donors (Lipinski definition) is 2. The highest BCUT2D eigenvalue weighted by molar-refractivity contribution is 7.99. The third kappa shape index (κ3) is 3.50. The summed E-state index contributed by atoms with van der Waals surface area (Å²) in [5.74, 6) is 2.30. The predicted octanol–water partition coefficient (Wildman–Crippen LogP) is 1.81. The van der Waals surface area contributed by atoms with E-state index in [-0.39, 0.29) is 5.91 Å². The van der Waals surface area contributed by atoms with Crippen LogP contribution in [0.15, 0.2) is 24.3 Å². The Bertz CT molecular complexity index is 403. The molecule has 1 aromatic carbocycles. The Labute approximate surface area is 113 Å². The summed E-state index contributed by atoms with van der Waals surface area (Å²) in [5.41, 5.74) is 7.40. The zero-order chi connectivity index (χ0) is 12.8. The number of rotatable bonds is 4. The zero-order valence-corrected chi connectivity index (χ0v) is 11.3. The fourth-order valence-corrected chi connectivity index (χ4v) is 3.31. The summed E-state index contributed by atoms with van der Waals surface area (Å²) in [4.78, 5) is 12.2. The van der Waals surface area contributed by atoms with Crippen LogP contribution in [-0.4, -0.2) is 30.0 Å². The normalized spacial score (nSPS) is 19.5. The Morgan fingerprint density at radius 2 is 2.28 bits per heavy atom. The molecule has 98 valence electrons. The first-order valence-corrected chi connectivity index (χ1v) is 7.63. The van der Waals surface area contributed by atoms with Crippen LogP contribution in [0.25, 0.3) is 0 Å². The van der Waals surface area contributed by atoms with Crippen molar-refractivity contribution in [2.24, 2.45) is 5.73 Å². The van der Waals surface area contributed by atoms with Crippen LogP contribution in [-0.2, 0) is 6.42 Å². The minimum Gasteiger partial charge on any atom is -0.348 e. The number of carbonyl (C=O) groups is 1. The fourth-order valence-electron chi connectivity index (χ4n) is 2.23.